The molecule has 0 spiro atoms. The van der Waals surface area contributed by atoms with E-state index >= 15 is 0 Å². The number of morpholine rings is 1. The molecule has 156 valence electrons. The Labute approximate surface area is 174 Å². The predicted octanol–water partition coefficient (Wildman–Crippen LogP) is 3.20. The zero-order valence-corrected chi connectivity index (χ0v) is 17.1. The summed E-state index contributed by atoms with van der Waals surface area (Å²) in [5.41, 5.74) is 2.06. The van der Waals surface area contributed by atoms with E-state index < -0.39 is 0 Å². The number of nitrogens with one attached hydrogen (secondary N) is 2. The molecule has 30 heavy (non-hydrogen) atoms. The van der Waals surface area contributed by atoms with Crippen molar-refractivity contribution in [3.05, 3.63) is 59.1 Å². The van der Waals surface area contributed by atoms with Crippen molar-refractivity contribution < 1.29 is 9.47 Å². The monoisotopic (exact) mass is 407 g/mol. The summed E-state index contributed by atoms with van der Waals surface area (Å²) in [5.74, 6) is 2.00. The lowest BCUT2D eigenvalue weighted by Gasteiger charge is -2.31. The van der Waals surface area contributed by atoms with Crippen LogP contribution < -0.4 is 20.5 Å². The number of ether oxygens (including phenoxy) is 2. The standard InChI is InChI=1S/C22H25N5O3/c1-3-29-18-6-4-16(5-7-18)17-12-19(21(28)24-13-17)25-20-8-9-23-22(26-20)27-10-11-30-15(2)14-27/h4-9,12-13,15H,3,10-11,14H2,1-2H3,(H,24,28)(H,23,25,26)/t15-/m1/s1. The van der Waals surface area contributed by atoms with E-state index in [1.807, 2.05) is 44.2 Å². The molecular formula is C22H25N5O3. The normalized spacial score (nSPS) is 16.3. The van der Waals surface area contributed by atoms with Crippen LogP contribution in [-0.2, 0) is 4.74 Å². The van der Waals surface area contributed by atoms with Crippen LogP contribution in [0.3, 0.4) is 0 Å². The third-order valence-corrected chi connectivity index (χ3v) is 4.83. The molecule has 8 heteroatoms. The lowest BCUT2D eigenvalue weighted by molar-refractivity contribution is 0.0526. The first kappa shape index (κ1) is 19.9. The van der Waals surface area contributed by atoms with Gasteiger partial charge in [0.05, 0.1) is 19.3 Å². The minimum absolute atomic E-state index is 0.132. The highest BCUT2D eigenvalue weighted by Crippen LogP contribution is 2.24. The van der Waals surface area contributed by atoms with Crippen molar-refractivity contribution in [2.24, 2.45) is 0 Å². The van der Waals surface area contributed by atoms with Gasteiger partial charge in [0.1, 0.15) is 17.3 Å². The predicted molar refractivity (Wildman–Crippen MR) is 117 cm³/mol. The van der Waals surface area contributed by atoms with Gasteiger partial charge < -0.3 is 24.7 Å². The molecule has 0 amide bonds. The van der Waals surface area contributed by atoms with Gasteiger partial charge in [-0.1, -0.05) is 12.1 Å². The van der Waals surface area contributed by atoms with Crippen LogP contribution >= 0.6 is 0 Å². The van der Waals surface area contributed by atoms with Crippen molar-refractivity contribution in [2.45, 2.75) is 20.0 Å². The van der Waals surface area contributed by atoms with Gasteiger partial charge in [-0.2, -0.15) is 4.98 Å². The Bertz CT molecular complexity index is 1050. The highest BCUT2D eigenvalue weighted by Gasteiger charge is 2.19. The summed E-state index contributed by atoms with van der Waals surface area (Å²) in [6.07, 6.45) is 3.52. The summed E-state index contributed by atoms with van der Waals surface area (Å²) >= 11 is 0. The largest absolute Gasteiger partial charge is 0.494 e. The second-order valence-corrected chi connectivity index (χ2v) is 7.08. The van der Waals surface area contributed by atoms with Crippen molar-refractivity contribution >= 4 is 17.5 Å². The molecule has 0 aliphatic carbocycles. The zero-order chi connectivity index (χ0) is 20.9. The molecule has 0 bridgehead atoms. The molecule has 8 nitrogen and oxygen atoms in total. The topological polar surface area (TPSA) is 92.4 Å². The van der Waals surface area contributed by atoms with Crippen molar-refractivity contribution in [1.82, 2.24) is 15.0 Å². The molecule has 0 unspecified atom stereocenters. The van der Waals surface area contributed by atoms with Crippen molar-refractivity contribution in [2.75, 3.05) is 36.5 Å². The summed E-state index contributed by atoms with van der Waals surface area (Å²) in [7, 11) is 0. The number of rotatable bonds is 6. The quantitative estimate of drug-likeness (QED) is 0.648. The van der Waals surface area contributed by atoms with E-state index in [1.165, 1.54) is 0 Å². The minimum Gasteiger partial charge on any atom is -0.494 e. The molecule has 1 aliphatic rings. The average Bonchev–Trinajstić information content (AvgIpc) is 2.76. The average molecular weight is 407 g/mol. The molecule has 2 N–H and O–H groups in total. The fourth-order valence-electron chi connectivity index (χ4n) is 3.36. The zero-order valence-electron chi connectivity index (χ0n) is 17.1. The smallest absolute Gasteiger partial charge is 0.271 e. The van der Waals surface area contributed by atoms with Crippen molar-refractivity contribution in [3.8, 4) is 16.9 Å². The first-order chi connectivity index (χ1) is 14.6. The third kappa shape index (κ3) is 4.60. The Morgan fingerprint density at radius 3 is 2.87 bits per heavy atom. The van der Waals surface area contributed by atoms with Crippen LogP contribution in [0.25, 0.3) is 11.1 Å². The second-order valence-electron chi connectivity index (χ2n) is 7.08. The van der Waals surface area contributed by atoms with Gasteiger partial charge in [-0.05, 0) is 43.7 Å². The van der Waals surface area contributed by atoms with Gasteiger partial charge in [0.15, 0.2) is 0 Å². The van der Waals surface area contributed by atoms with E-state index in [0.29, 0.717) is 30.7 Å². The van der Waals surface area contributed by atoms with E-state index in [4.69, 9.17) is 9.47 Å². The molecule has 1 aliphatic heterocycles. The highest BCUT2D eigenvalue weighted by molar-refractivity contribution is 5.69. The van der Waals surface area contributed by atoms with Crippen LogP contribution in [0.4, 0.5) is 17.5 Å². The van der Waals surface area contributed by atoms with E-state index in [0.717, 1.165) is 30.0 Å². The van der Waals surface area contributed by atoms with Crippen LogP contribution in [0.2, 0.25) is 0 Å². The Morgan fingerprint density at radius 1 is 1.27 bits per heavy atom. The number of aromatic amines is 1. The van der Waals surface area contributed by atoms with Crippen molar-refractivity contribution in [3.63, 3.8) is 0 Å². The Kier molecular flexibility index (Phi) is 5.94. The van der Waals surface area contributed by atoms with Crippen LogP contribution in [0.15, 0.2) is 53.6 Å². The van der Waals surface area contributed by atoms with E-state index in [2.05, 4.69) is 25.2 Å². The van der Waals surface area contributed by atoms with Crippen LogP contribution in [0, 0.1) is 0 Å². The number of anilines is 3. The number of hydrogen-bond donors (Lipinski definition) is 2. The second kappa shape index (κ2) is 8.96. The molecular weight excluding hydrogens is 382 g/mol. The Hall–Kier alpha value is -3.39. The number of H-pyrrole nitrogens is 1. The van der Waals surface area contributed by atoms with Gasteiger partial charge in [0, 0.05) is 31.0 Å². The summed E-state index contributed by atoms with van der Waals surface area (Å²) in [6.45, 7) is 6.72. The summed E-state index contributed by atoms with van der Waals surface area (Å²) < 4.78 is 11.1. The first-order valence-corrected chi connectivity index (χ1v) is 10.0. The summed E-state index contributed by atoms with van der Waals surface area (Å²) in [4.78, 5) is 26.2. The van der Waals surface area contributed by atoms with E-state index in [9.17, 15) is 4.79 Å². The summed E-state index contributed by atoms with van der Waals surface area (Å²) in [6, 6.07) is 11.3. The van der Waals surface area contributed by atoms with Crippen LogP contribution in [-0.4, -0.2) is 47.4 Å². The fourth-order valence-corrected chi connectivity index (χ4v) is 3.36. The molecule has 2 aromatic heterocycles. The maximum atomic E-state index is 12.4. The molecule has 1 aromatic carbocycles. The molecule has 1 fully saturated rings. The van der Waals surface area contributed by atoms with E-state index in [1.54, 1.807) is 18.5 Å². The number of aromatic nitrogens is 3. The van der Waals surface area contributed by atoms with Gasteiger partial charge in [0.2, 0.25) is 5.95 Å². The Balaban J connectivity index is 1.55. The molecule has 0 radical (unpaired) electrons. The van der Waals surface area contributed by atoms with Gasteiger partial charge in [0.25, 0.3) is 5.56 Å². The fraction of sp³-hybridized carbons (Fsp3) is 0.318. The SMILES string of the molecule is CCOc1ccc(-c2c[nH]c(=O)c(Nc3ccnc(N4CCO[C@H](C)C4)n3)c2)cc1. The molecule has 3 heterocycles. The lowest BCUT2D eigenvalue weighted by Crippen LogP contribution is -2.42. The van der Waals surface area contributed by atoms with Gasteiger partial charge in [-0.25, -0.2) is 4.98 Å². The third-order valence-electron chi connectivity index (χ3n) is 4.83. The molecule has 3 aromatic rings. The van der Waals surface area contributed by atoms with E-state index in [-0.39, 0.29) is 11.7 Å². The lowest BCUT2D eigenvalue weighted by atomic mass is 10.1. The molecule has 1 atom stereocenters. The first-order valence-electron chi connectivity index (χ1n) is 10.0. The molecule has 0 saturated carbocycles. The maximum absolute atomic E-state index is 12.4. The van der Waals surface area contributed by atoms with Gasteiger partial charge >= 0.3 is 0 Å². The van der Waals surface area contributed by atoms with Crippen LogP contribution in [0.5, 0.6) is 5.75 Å². The minimum atomic E-state index is -0.218. The van der Waals surface area contributed by atoms with Gasteiger partial charge in [-0.15, -0.1) is 0 Å². The number of hydrogen-bond acceptors (Lipinski definition) is 7. The maximum Gasteiger partial charge on any atom is 0.271 e. The molecule has 4 rings (SSSR count). The Morgan fingerprint density at radius 2 is 2.10 bits per heavy atom. The molecule has 1 saturated heterocycles. The van der Waals surface area contributed by atoms with Crippen molar-refractivity contribution in [1.29, 1.82) is 0 Å². The van der Waals surface area contributed by atoms with Crippen LogP contribution in [0.1, 0.15) is 13.8 Å². The summed E-state index contributed by atoms with van der Waals surface area (Å²) in [5, 5.41) is 3.13. The number of nitrogens with zero attached hydrogens (tertiary/aromatic N) is 3. The number of benzene rings is 1. The highest BCUT2D eigenvalue weighted by atomic mass is 16.5. The number of pyridine rings is 1. The van der Waals surface area contributed by atoms with Gasteiger partial charge in [-0.3, -0.25) is 4.79 Å².